The molecule has 1 aromatic rings. The zero-order chi connectivity index (χ0) is 10.3. The summed E-state index contributed by atoms with van der Waals surface area (Å²) in [6.45, 7) is 1.92. The summed E-state index contributed by atoms with van der Waals surface area (Å²) in [5, 5.41) is 2.75. The number of halogens is 1. The number of carbonyl (C=O) groups excluding carboxylic acids is 1. The van der Waals surface area contributed by atoms with Gasteiger partial charge < -0.3 is 15.8 Å². The second kappa shape index (κ2) is 4.08. The molecule has 0 saturated heterocycles. The zero-order valence-electron chi connectivity index (χ0n) is 8.53. The van der Waals surface area contributed by atoms with Crippen molar-refractivity contribution in [2.75, 3.05) is 12.4 Å². The summed E-state index contributed by atoms with van der Waals surface area (Å²) in [6.07, 6.45) is 0. The minimum Gasteiger partial charge on any atom is -0.497 e. The van der Waals surface area contributed by atoms with E-state index in [0.717, 1.165) is 22.6 Å². The number of carbonyl (C=O) groups is 1. The third-order valence-corrected chi connectivity index (χ3v) is 2.44. The van der Waals surface area contributed by atoms with Gasteiger partial charge in [0.05, 0.1) is 7.11 Å². The second-order valence-corrected chi connectivity index (χ2v) is 3.38. The van der Waals surface area contributed by atoms with E-state index in [2.05, 4.69) is 5.32 Å². The first-order valence-electron chi connectivity index (χ1n) is 4.38. The lowest BCUT2D eigenvalue weighted by Crippen LogP contribution is -2.19. The molecule has 0 saturated carbocycles. The molecule has 5 heteroatoms. The summed E-state index contributed by atoms with van der Waals surface area (Å²) in [4.78, 5) is 11.3. The quantitative estimate of drug-likeness (QED) is 0.763. The van der Waals surface area contributed by atoms with Gasteiger partial charge in [-0.2, -0.15) is 0 Å². The van der Waals surface area contributed by atoms with E-state index < -0.39 is 6.04 Å². The molecule has 1 unspecified atom stereocenters. The van der Waals surface area contributed by atoms with Crippen molar-refractivity contribution in [1.82, 2.24) is 0 Å². The van der Waals surface area contributed by atoms with Crippen molar-refractivity contribution in [1.29, 1.82) is 0 Å². The summed E-state index contributed by atoms with van der Waals surface area (Å²) in [5.41, 5.74) is 8.32. The van der Waals surface area contributed by atoms with E-state index in [-0.39, 0.29) is 18.3 Å². The Bertz CT molecular complexity index is 407. The van der Waals surface area contributed by atoms with Gasteiger partial charge in [0, 0.05) is 11.3 Å². The second-order valence-electron chi connectivity index (χ2n) is 3.38. The number of nitrogens with one attached hydrogen (secondary N) is 1. The molecule has 0 radical (unpaired) electrons. The number of anilines is 1. The van der Waals surface area contributed by atoms with Gasteiger partial charge in [-0.3, -0.25) is 4.79 Å². The van der Waals surface area contributed by atoms with Crippen LogP contribution in [0.25, 0.3) is 0 Å². The zero-order valence-corrected chi connectivity index (χ0v) is 9.35. The summed E-state index contributed by atoms with van der Waals surface area (Å²) < 4.78 is 5.11. The Labute approximate surface area is 94.2 Å². The van der Waals surface area contributed by atoms with Crippen molar-refractivity contribution < 1.29 is 9.53 Å². The van der Waals surface area contributed by atoms with E-state index >= 15 is 0 Å². The predicted octanol–water partition coefficient (Wildman–Crippen LogP) is 1.38. The highest BCUT2D eigenvalue weighted by Crippen LogP contribution is 2.35. The van der Waals surface area contributed by atoms with E-state index in [1.54, 1.807) is 13.2 Å². The molecule has 0 spiro atoms. The van der Waals surface area contributed by atoms with Crippen LogP contribution < -0.4 is 15.8 Å². The van der Waals surface area contributed by atoms with Gasteiger partial charge >= 0.3 is 0 Å². The molecule has 1 heterocycles. The number of aryl methyl sites for hydroxylation is 1. The molecule has 1 atom stereocenters. The monoisotopic (exact) mass is 228 g/mol. The average molecular weight is 229 g/mol. The normalized spacial score (nSPS) is 17.8. The minimum absolute atomic E-state index is 0. The topological polar surface area (TPSA) is 64.3 Å². The molecule has 1 amide bonds. The number of ether oxygens (including phenoxy) is 1. The predicted molar refractivity (Wildman–Crippen MR) is 60.5 cm³/mol. The fourth-order valence-electron chi connectivity index (χ4n) is 1.66. The number of amides is 1. The van der Waals surface area contributed by atoms with Gasteiger partial charge in [0.15, 0.2) is 0 Å². The third-order valence-electron chi connectivity index (χ3n) is 2.44. The van der Waals surface area contributed by atoms with Crippen LogP contribution in [-0.4, -0.2) is 13.0 Å². The van der Waals surface area contributed by atoms with E-state index in [9.17, 15) is 4.79 Å². The lowest BCUT2D eigenvalue weighted by Gasteiger charge is -2.07. The Hall–Kier alpha value is -1.26. The van der Waals surface area contributed by atoms with E-state index in [0.29, 0.717) is 0 Å². The first-order chi connectivity index (χ1) is 6.63. The molecule has 1 aliphatic rings. The van der Waals surface area contributed by atoms with Crippen LogP contribution in [0.1, 0.15) is 17.2 Å². The molecule has 0 aliphatic carbocycles. The number of hydrogen-bond acceptors (Lipinski definition) is 3. The number of fused-ring (bicyclic) bond motifs is 1. The van der Waals surface area contributed by atoms with Crippen LogP contribution in [0.4, 0.5) is 5.69 Å². The van der Waals surface area contributed by atoms with Crippen LogP contribution in [0.3, 0.4) is 0 Å². The van der Waals surface area contributed by atoms with Crippen molar-refractivity contribution >= 4 is 24.0 Å². The molecular weight excluding hydrogens is 216 g/mol. The van der Waals surface area contributed by atoms with Crippen LogP contribution >= 0.6 is 12.4 Å². The fourth-order valence-corrected chi connectivity index (χ4v) is 1.66. The van der Waals surface area contributed by atoms with E-state index in [1.807, 2.05) is 13.0 Å². The number of hydrogen-bond donors (Lipinski definition) is 2. The lowest BCUT2D eigenvalue weighted by molar-refractivity contribution is -0.116. The maximum atomic E-state index is 11.3. The highest BCUT2D eigenvalue weighted by molar-refractivity contribution is 6.03. The molecule has 0 aromatic heterocycles. The molecule has 1 aliphatic heterocycles. The minimum atomic E-state index is -0.571. The van der Waals surface area contributed by atoms with Crippen LogP contribution in [0.5, 0.6) is 5.75 Å². The average Bonchev–Trinajstić information content (AvgIpc) is 2.45. The number of rotatable bonds is 1. The Kier molecular flexibility index (Phi) is 3.21. The first kappa shape index (κ1) is 11.8. The van der Waals surface area contributed by atoms with Gasteiger partial charge in [-0.1, -0.05) is 0 Å². The van der Waals surface area contributed by atoms with Gasteiger partial charge in [-0.15, -0.1) is 12.4 Å². The molecule has 2 rings (SSSR count). The SMILES string of the molecule is COc1cc(C)c2c(c1)C(N)C(=O)N2.Cl. The standard InChI is InChI=1S/C10H12N2O2.ClH/c1-5-3-6(14-2)4-7-8(11)10(13)12-9(5)7;/h3-4,8H,11H2,1-2H3,(H,12,13);1H. The Morgan fingerprint density at radius 3 is 2.73 bits per heavy atom. The molecule has 1 aromatic carbocycles. The molecule has 15 heavy (non-hydrogen) atoms. The number of nitrogens with two attached hydrogens (primary N) is 1. The van der Waals surface area contributed by atoms with Gasteiger partial charge in [0.1, 0.15) is 11.8 Å². The van der Waals surface area contributed by atoms with Crippen molar-refractivity contribution in [3.8, 4) is 5.75 Å². The van der Waals surface area contributed by atoms with E-state index in [1.165, 1.54) is 0 Å². The molecule has 0 bridgehead atoms. The number of methoxy groups -OCH3 is 1. The van der Waals surface area contributed by atoms with Gasteiger partial charge in [-0.25, -0.2) is 0 Å². The smallest absolute Gasteiger partial charge is 0.245 e. The highest BCUT2D eigenvalue weighted by atomic mass is 35.5. The lowest BCUT2D eigenvalue weighted by atomic mass is 10.1. The summed E-state index contributed by atoms with van der Waals surface area (Å²) in [5.74, 6) is 0.574. The molecule has 0 fully saturated rings. The van der Waals surface area contributed by atoms with Crippen LogP contribution in [-0.2, 0) is 4.79 Å². The molecular formula is C10H13ClN2O2. The van der Waals surface area contributed by atoms with Crippen molar-refractivity contribution in [2.24, 2.45) is 5.73 Å². The third kappa shape index (κ3) is 1.78. The van der Waals surface area contributed by atoms with Crippen LogP contribution in [0.15, 0.2) is 12.1 Å². The Morgan fingerprint density at radius 2 is 2.13 bits per heavy atom. The maximum Gasteiger partial charge on any atom is 0.245 e. The van der Waals surface area contributed by atoms with Gasteiger partial charge in [0.25, 0.3) is 0 Å². The van der Waals surface area contributed by atoms with E-state index in [4.69, 9.17) is 10.5 Å². The maximum absolute atomic E-state index is 11.3. The Balaban J connectivity index is 0.00000112. The van der Waals surface area contributed by atoms with Crippen LogP contribution in [0, 0.1) is 6.92 Å². The molecule has 82 valence electrons. The fraction of sp³-hybridized carbons (Fsp3) is 0.300. The van der Waals surface area contributed by atoms with Crippen molar-refractivity contribution in [3.05, 3.63) is 23.3 Å². The summed E-state index contributed by atoms with van der Waals surface area (Å²) >= 11 is 0. The largest absolute Gasteiger partial charge is 0.497 e. The highest BCUT2D eigenvalue weighted by Gasteiger charge is 2.28. The number of benzene rings is 1. The Morgan fingerprint density at radius 1 is 1.47 bits per heavy atom. The van der Waals surface area contributed by atoms with Crippen molar-refractivity contribution in [2.45, 2.75) is 13.0 Å². The molecule has 3 N–H and O–H groups in total. The summed E-state index contributed by atoms with van der Waals surface area (Å²) in [6, 6.07) is 3.10. The van der Waals surface area contributed by atoms with Crippen LogP contribution in [0.2, 0.25) is 0 Å². The van der Waals surface area contributed by atoms with Gasteiger partial charge in [-0.05, 0) is 24.6 Å². The summed E-state index contributed by atoms with van der Waals surface area (Å²) in [7, 11) is 1.59. The van der Waals surface area contributed by atoms with Gasteiger partial charge in [0.2, 0.25) is 5.91 Å². The van der Waals surface area contributed by atoms with Crippen molar-refractivity contribution in [3.63, 3.8) is 0 Å². The first-order valence-corrected chi connectivity index (χ1v) is 4.38. The molecule has 4 nitrogen and oxygen atoms in total.